The van der Waals surface area contributed by atoms with Gasteiger partial charge in [0.05, 0.1) is 0 Å². The summed E-state index contributed by atoms with van der Waals surface area (Å²) in [4.78, 5) is 0. The van der Waals surface area contributed by atoms with E-state index in [4.69, 9.17) is 0 Å². The van der Waals surface area contributed by atoms with E-state index in [-0.39, 0.29) is 0 Å². The lowest BCUT2D eigenvalue weighted by molar-refractivity contribution is 1.52. The number of benzene rings is 5. The number of hydrogen-bond acceptors (Lipinski definition) is 0. The summed E-state index contributed by atoms with van der Waals surface area (Å²) in [7, 11) is -2.46. The first-order valence-electron chi connectivity index (χ1n) is 12.2. The predicted octanol–water partition coefficient (Wildman–Crippen LogP) is 6.01. The number of allylic oxidation sites excluding steroid dienone is 2. The summed E-state index contributed by atoms with van der Waals surface area (Å²) in [6.07, 6.45) is 0. The molecule has 5 rings (SSSR count). The SMILES string of the molecule is C/C(=C(/C)c1ccc([Si](c2ccccc2)(c2ccccc2)c2ccccc2)cc1)c1ccccc1. The van der Waals surface area contributed by atoms with Gasteiger partial charge in [0.15, 0.2) is 8.07 Å². The molecular weight excluding hydrogens is 436 g/mol. The third kappa shape index (κ3) is 4.31. The molecule has 35 heavy (non-hydrogen) atoms. The molecule has 0 saturated carbocycles. The molecule has 0 saturated heterocycles. The van der Waals surface area contributed by atoms with Gasteiger partial charge in [-0.2, -0.15) is 0 Å². The van der Waals surface area contributed by atoms with Crippen LogP contribution in [0.4, 0.5) is 0 Å². The fraction of sp³-hybridized carbons (Fsp3) is 0.0588. The average molecular weight is 467 g/mol. The molecule has 0 heterocycles. The minimum atomic E-state index is -2.46. The minimum Gasteiger partial charge on any atom is -0.0623 e. The van der Waals surface area contributed by atoms with Crippen molar-refractivity contribution in [1.29, 1.82) is 0 Å². The molecule has 5 aromatic carbocycles. The first-order valence-corrected chi connectivity index (χ1v) is 14.2. The summed E-state index contributed by atoms with van der Waals surface area (Å²) < 4.78 is 0. The highest BCUT2D eigenvalue weighted by Crippen LogP contribution is 2.25. The molecule has 0 unspecified atom stereocenters. The van der Waals surface area contributed by atoms with Crippen LogP contribution in [0.1, 0.15) is 25.0 Å². The lowest BCUT2D eigenvalue weighted by Crippen LogP contribution is -2.74. The zero-order valence-corrected chi connectivity index (χ0v) is 21.4. The lowest BCUT2D eigenvalue weighted by Gasteiger charge is -2.34. The summed E-state index contributed by atoms with van der Waals surface area (Å²) in [5.74, 6) is 0. The largest absolute Gasteiger partial charge is 0.179 e. The van der Waals surface area contributed by atoms with Gasteiger partial charge in [-0.25, -0.2) is 0 Å². The van der Waals surface area contributed by atoms with Gasteiger partial charge in [-0.05, 0) is 56.9 Å². The second-order valence-electron chi connectivity index (χ2n) is 9.04. The van der Waals surface area contributed by atoms with Crippen LogP contribution < -0.4 is 20.7 Å². The minimum absolute atomic E-state index is 1.27. The Morgan fingerprint density at radius 3 is 1.00 bits per heavy atom. The monoisotopic (exact) mass is 466 g/mol. The van der Waals surface area contributed by atoms with Crippen LogP contribution >= 0.6 is 0 Å². The standard InChI is InChI=1S/C34H30Si/c1-27(29-15-7-3-8-16-29)28(2)30-23-25-34(26-24-30)35(31-17-9-4-10-18-31,32-19-11-5-12-20-32)33-21-13-6-14-22-33/h3-26H,1-2H3/b28-27+. The molecule has 5 aromatic rings. The number of rotatable bonds is 6. The Bertz CT molecular complexity index is 1310. The summed E-state index contributed by atoms with van der Waals surface area (Å²) in [5, 5.41) is 5.60. The molecule has 0 fully saturated rings. The van der Waals surface area contributed by atoms with Gasteiger partial charge in [0.25, 0.3) is 0 Å². The van der Waals surface area contributed by atoms with E-state index in [2.05, 4.69) is 159 Å². The lowest BCUT2D eigenvalue weighted by atomic mass is 9.97. The fourth-order valence-electron chi connectivity index (χ4n) is 5.16. The Hall–Kier alpha value is -3.94. The van der Waals surface area contributed by atoms with E-state index in [1.54, 1.807) is 0 Å². The van der Waals surface area contributed by atoms with Crippen molar-refractivity contribution in [3.8, 4) is 0 Å². The van der Waals surface area contributed by atoms with Crippen molar-refractivity contribution < 1.29 is 0 Å². The molecule has 0 aliphatic carbocycles. The second-order valence-corrected chi connectivity index (χ2v) is 12.9. The molecule has 0 N–H and O–H groups in total. The van der Waals surface area contributed by atoms with Crippen molar-refractivity contribution in [2.45, 2.75) is 13.8 Å². The molecule has 0 nitrogen and oxygen atoms in total. The molecule has 0 amide bonds. The molecule has 0 radical (unpaired) electrons. The van der Waals surface area contributed by atoms with E-state index in [1.807, 2.05) is 0 Å². The molecule has 1 heteroatoms. The molecule has 170 valence electrons. The highest BCUT2D eigenvalue weighted by atomic mass is 28.3. The summed E-state index contributed by atoms with van der Waals surface area (Å²) in [6.45, 7) is 4.45. The Morgan fingerprint density at radius 2 is 0.629 bits per heavy atom. The van der Waals surface area contributed by atoms with Gasteiger partial charge >= 0.3 is 0 Å². The van der Waals surface area contributed by atoms with Crippen molar-refractivity contribution in [2.24, 2.45) is 0 Å². The number of hydrogen-bond donors (Lipinski definition) is 0. The van der Waals surface area contributed by atoms with Gasteiger partial charge in [0, 0.05) is 0 Å². The Morgan fingerprint density at radius 1 is 0.343 bits per heavy atom. The third-order valence-corrected chi connectivity index (χ3v) is 11.9. The van der Waals surface area contributed by atoms with E-state index in [9.17, 15) is 0 Å². The molecule has 0 atom stereocenters. The quantitative estimate of drug-likeness (QED) is 0.163. The van der Waals surface area contributed by atoms with Crippen molar-refractivity contribution in [3.63, 3.8) is 0 Å². The van der Waals surface area contributed by atoms with E-state index >= 15 is 0 Å². The van der Waals surface area contributed by atoms with Gasteiger partial charge < -0.3 is 0 Å². The van der Waals surface area contributed by atoms with E-state index in [1.165, 1.54) is 43.0 Å². The van der Waals surface area contributed by atoms with E-state index in [0.717, 1.165) is 0 Å². The topological polar surface area (TPSA) is 0 Å². The summed E-state index contributed by atoms with van der Waals surface area (Å²) in [5.41, 5.74) is 5.17. The maximum absolute atomic E-state index is 2.46. The van der Waals surface area contributed by atoms with Crippen LogP contribution in [0.25, 0.3) is 11.1 Å². The van der Waals surface area contributed by atoms with Crippen LogP contribution in [0, 0.1) is 0 Å². The summed E-state index contributed by atoms with van der Waals surface area (Å²) in [6, 6.07) is 53.3. The third-order valence-electron chi connectivity index (χ3n) is 7.14. The van der Waals surface area contributed by atoms with Gasteiger partial charge in [-0.15, -0.1) is 0 Å². The molecule has 0 spiro atoms. The van der Waals surface area contributed by atoms with E-state index < -0.39 is 8.07 Å². The smallest absolute Gasteiger partial charge is 0.0623 e. The Balaban J connectivity index is 1.71. The van der Waals surface area contributed by atoms with Gasteiger partial charge in [-0.3, -0.25) is 0 Å². The van der Waals surface area contributed by atoms with Crippen molar-refractivity contribution in [2.75, 3.05) is 0 Å². The Kier molecular flexibility index (Phi) is 6.61. The first kappa shape index (κ1) is 22.8. The van der Waals surface area contributed by atoms with Crippen LogP contribution in [-0.4, -0.2) is 8.07 Å². The van der Waals surface area contributed by atoms with Gasteiger partial charge in [-0.1, -0.05) is 146 Å². The van der Waals surface area contributed by atoms with Crippen molar-refractivity contribution in [1.82, 2.24) is 0 Å². The average Bonchev–Trinajstić information content (AvgIpc) is 2.95. The van der Waals surface area contributed by atoms with Crippen LogP contribution in [0.5, 0.6) is 0 Å². The maximum Gasteiger partial charge on any atom is 0.179 e. The maximum atomic E-state index is 2.37. The highest BCUT2D eigenvalue weighted by Gasteiger charge is 2.41. The molecule has 0 bridgehead atoms. The molecule has 0 aliphatic heterocycles. The predicted molar refractivity (Wildman–Crippen MR) is 155 cm³/mol. The molecule has 0 aliphatic rings. The van der Waals surface area contributed by atoms with Crippen molar-refractivity contribution >= 4 is 40.0 Å². The van der Waals surface area contributed by atoms with Crippen LogP contribution in [0.2, 0.25) is 0 Å². The first-order chi connectivity index (χ1) is 17.2. The van der Waals surface area contributed by atoms with E-state index in [0.29, 0.717) is 0 Å². The molecular formula is C34H30Si. The fourth-order valence-corrected chi connectivity index (χ4v) is 9.90. The van der Waals surface area contributed by atoms with Crippen molar-refractivity contribution in [3.05, 3.63) is 157 Å². The molecule has 0 aromatic heterocycles. The Labute approximate surface area is 210 Å². The zero-order valence-electron chi connectivity index (χ0n) is 20.4. The normalized spacial score (nSPS) is 12.2. The summed E-state index contributed by atoms with van der Waals surface area (Å²) >= 11 is 0. The van der Waals surface area contributed by atoms with Gasteiger partial charge in [0.1, 0.15) is 0 Å². The zero-order chi connectivity index (χ0) is 24.1. The second kappa shape index (κ2) is 10.1. The van der Waals surface area contributed by atoms with Crippen LogP contribution in [0.15, 0.2) is 146 Å². The van der Waals surface area contributed by atoms with Gasteiger partial charge in [0.2, 0.25) is 0 Å². The van der Waals surface area contributed by atoms with Crippen LogP contribution in [-0.2, 0) is 0 Å². The highest BCUT2D eigenvalue weighted by molar-refractivity contribution is 7.19. The van der Waals surface area contributed by atoms with Crippen LogP contribution in [0.3, 0.4) is 0 Å².